The molecule has 0 atom stereocenters. The SMILES string of the molecule is CC(=O)SCC(=Cc1cccc(C(N)=S)c1)B1OC(C)(C)C(C)(C)O1. The van der Waals surface area contributed by atoms with Gasteiger partial charge in [-0.05, 0) is 44.8 Å². The Hall–Kier alpha value is -1.15. The third-order valence-electron chi connectivity index (χ3n) is 4.52. The molecule has 0 radical (unpaired) electrons. The van der Waals surface area contributed by atoms with E-state index in [1.807, 2.05) is 58.0 Å². The molecule has 134 valence electrons. The van der Waals surface area contributed by atoms with E-state index in [9.17, 15) is 4.79 Å². The highest BCUT2D eigenvalue weighted by Crippen LogP contribution is 2.39. The lowest BCUT2D eigenvalue weighted by atomic mass is 9.78. The van der Waals surface area contributed by atoms with Crippen LogP contribution in [0.2, 0.25) is 0 Å². The first-order valence-electron chi connectivity index (χ1n) is 8.11. The van der Waals surface area contributed by atoms with Gasteiger partial charge in [0, 0.05) is 18.2 Å². The molecule has 1 saturated heterocycles. The summed E-state index contributed by atoms with van der Waals surface area (Å²) in [6, 6.07) is 7.66. The second kappa shape index (κ2) is 7.62. The number of carbonyl (C=O) groups excluding carboxylic acids is 1. The van der Waals surface area contributed by atoms with Crippen molar-refractivity contribution in [3.05, 3.63) is 40.9 Å². The van der Waals surface area contributed by atoms with E-state index in [1.165, 1.54) is 11.8 Å². The predicted molar refractivity (Wildman–Crippen MR) is 110 cm³/mol. The third-order valence-corrected chi connectivity index (χ3v) is 5.64. The molecule has 0 saturated carbocycles. The van der Waals surface area contributed by atoms with Gasteiger partial charge in [-0.2, -0.15) is 0 Å². The molecule has 0 aliphatic carbocycles. The van der Waals surface area contributed by atoms with Crippen LogP contribution in [0.3, 0.4) is 0 Å². The monoisotopic (exact) mass is 377 g/mol. The molecule has 0 aromatic heterocycles. The largest absolute Gasteiger partial charge is 0.491 e. The Kier molecular flexibility index (Phi) is 6.15. The van der Waals surface area contributed by atoms with E-state index in [0.29, 0.717) is 10.7 Å². The normalized spacial score (nSPS) is 19.1. The first kappa shape index (κ1) is 20.2. The van der Waals surface area contributed by atoms with E-state index in [4.69, 9.17) is 27.3 Å². The molecule has 0 unspecified atom stereocenters. The molecule has 1 aliphatic rings. The highest BCUT2D eigenvalue weighted by Gasteiger charge is 2.52. The van der Waals surface area contributed by atoms with Gasteiger partial charge in [0.05, 0.1) is 11.2 Å². The van der Waals surface area contributed by atoms with Gasteiger partial charge in [-0.25, -0.2) is 0 Å². The van der Waals surface area contributed by atoms with Gasteiger partial charge in [-0.1, -0.05) is 48.3 Å². The van der Waals surface area contributed by atoms with E-state index >= 15 is 0 Å². The Labute approximate surface area is 159 Å². The summed E-state index contributed by atoms with van der Waals surface area (Å²) in [5.74, 6) is 0.503. The van der Waals surface area contributed by atoms with E-state index in [2.05, 4.69) is 0 Å². The molecular formula is C18H24BNO3S2. The van der Waals surface area contributed by atoms with Crippen LogP contribution < -0.4 is 5.73 Å². The van der Waals surface area contributed by atoms with Crippen molar-refractivity contribution < 1.29 is 14.1 Å². The smallest absolute Gasteiger partial charge is 0.400 e. The zero-order valence-corrected chi connectivity index (χ0v) is 16.9. The molecular weight excluding hydrogens is 353 g/mol. The zero-order valence-electron chi connectivity index (χ0n) is 15.3. The molecule has 2 N–H and O–H groups in total. The maximum absolute atomic E-state index is 11.4. The summed E-state index contributed by atoms with van der Waals surface area (Å²) in [6.07, 6.45) is 1.99. The van der Waals surface area contributed by atoms with Crippen molar-refractivity contribution >= 4 is 47.3 Å². The summed E-state index contributed by atoms with van der Waals surface area (Å²) in [5.41, 5.74) is 7.50. The lowest BCUT2D eigenvalue weighted by Crippen LogP contribution is -2.41. The van der Waals surface area contributed by atoms with Crippen LogP contribution in [0.1, 0.15) is 45.7 Å². The number of carbonyl (C=O) groups is 1. The number of hydrogen-bond donors (Lipinski definition) is 1. The highest BCUT2D eigenvalue weighted by atomic mass is 32.2. The van der Waals surface area contributed by atoms with Crippen LogP contribution in [0.25, 0.3) is 6.08 Å². The van der Waals surface area contributed by atoms with E-state index in [-0.39, 0.29) is 5.12 Å². The molecule has 0 amide bonds. The van der Waals surface area contributed by atoms with Crippen LogP contribution >= 0.6 is 24.0 Å². The maximum atomic E-state index is 11.4. The summed E-state index contributed by atoms with van der Waals surface area (Å²) in [5, 5.41) is 0.0549. The third kappa shape index (κ3) is 4.94. The molecule has 25 heavy (non-hydrogen) atoms. The van der Waals surface area contributed by atoms with Crippen molar-refractivity contribution in [1.29, 1.82) is 0 Å². The highest BCUT2D eigenvalue weighted by molar-refractivity contribution is 8.13. The van der Waals surface area contributed by atoms with Gasteiger partial charge in [0.15, 0.2) is 5.12 Å². The Morgan fingerprint density at radius 3 is 2.40 bits per heavy atom. The number of thioether (sulfide) groups is 1. The molecule has 1 heterocycles. The van der Waals surface area contributed by atoms with E-state index < -0.39 is 18.3 Å². The molecule has 1 fully saturated rings. The maximum Gasteiger partial charge on any atom is 0.491 e. The van der Waals surface area contributed by atoms with Crippen molar-refractivity contribution in [1.82, 2.24) is 0 Å². The second-order valence-electron chi connectivity index (χ2n) is 7.08. The van der Waals surface area contributed by atoms with Crippen molar-refractivity contribution in [2.24, 2.45) is 5.73 Å². The summed E-state index contributed by atoms with van der Waals surface area (Å²) in [6.45, 7) is 9.60. The quantitative estimate of drug-likeness (QED) is 0.625. The first-order valence-corrected chi connectivity index (χ1v) is 9.50. The average Bonchev–Trinajstić information content (AvgIpc) is 2.71. The van der Waals surface area contributed by atoms with Gasteiger partial charge >= 0.3 is 7.12 Å². The molecule has 1 aromatic carbocycles. The first-order chi connectivity index (χ1) is 11.5. The minimum absolute atomic E-state index is 0.0549. The predicted octanol–water partition coefficient (Wildman–Crippen LogP) is 3.62. The minimum Gasteiger partial charge on any atom is -0.400 e. The molecule has 1 aliphatic heterocycles. The van der Waals surface area contributed by atoms with Crippen LogP contribution in [0.4, 0.5) is 0 Å². The van der Waals surface area contributed by atoms with Crippen molar-refractivity contribution in [3.8, 4) is 0 Å². The van der Waals surface area contributed by atoms with Crippen molar-refractivity contribution in [2.45, 2.75) is 45.8 Å². The van der Waals surface area contributed by atoms with Crippen LogP contribution in [-0.4, -0.2) is 34.2 Å². The molecule has 0 spiro atoms. The zero-order chi connectivity index (χ0) is 18.8. The Morgan fingerprint density at radius 1 is 1.28 bits per heavy atom. The van der Waals surface area contributed by atoms with Gasteiger partial charge in [0.25, 0.3) is 0 Å². The number of hydrogen-bond acceptors (Lipinski definition) is 5. The fourth-order valence-electron chi connectivity index (χ4n) is 2.35. The standard InChI is InChI=1S/C18H24BNO3S2/c1-12(21)25-11-15(19-22-17(2,3)18(4,5)23-19)10-13-7-6-8-14(9-13)16(20)24/h6-10H,11H2,1-5H3,(H2,20,24). The van der Waals surface area contributed by atoms with Crippen molar-refractivity contribution in [2.75, 3.05) is 5.75 Å². The number of nitrogens with two attached hydrogens (primary N) is 1. The molecule has 1 aromatic rings. The Bertz CT molecular complexity index is 700. The molecule has 2 rings (SSSR count). The van der Waals surface area contributed by atoms with Crippen LogP contribution in [-0.2, 0) is 14.1 Å². The summed E-state index contributed by atoms with van der Waals surface area (Å²) < 4.78 is 12.3. The van der Waals surface area contributed by atoms with Crippen LogP contribution in [0, 0.1) is 0 Å². The fourth-order valence-corrected chi connectivity index (χ4v) is 3.07. The van der Waals surface area contributed by atoms with E-state index in [1.54, 1.807) is 6.92 Å². The minimum atomic E-state index is -0.495. The number of rotatable bonds is 5. The molecule has 4 nitrogen and oxygen atoms in total. The van der Waals surface area contributed by atoms with Crippen LogP contribution in [0.5, 0.6) is 0 Å². The number of thiocarbonyl (C=S) groups is 1. The average molecular weight is 377 g/mol. The number of benzene rings is 1. The van der Waals surface area contributed by atoms with Gasteiger partial charge in [0.1, 0.15) is 4.99 Å². The topological polar surface area (TPSA) is 61.6 Å². The van der Waals surface area contributed by atoms with Gasteiger partial charge in [-0.3, -0.25) is 4.79 Å². The Balaban J connectivity index is 2.35. The van der Waals surface area contributed by atoms with Gasteiger partial charge < -0.3 is 15.0 Å². The lowest BCUT2D eigenvalue weighted by molar-refractivity contribution is -0.109. The van der Waals surface area contributed by atoms with Gasteiger partial charge in [-0.15, -0.1) is 0 Å². The second-order valence-corrected chi connectivity index (χ2v) is 8.67. The molecule has 7 heteroatoms. The molecule has 0 bridgehead atoms. The summed E-state index contributed by atoms with van der Waals surface area (Å²) in [7, 11) is -0.495. The van der Waals surface area contributed by atoms with E-state index in [0.717, 1.165) is 16.6 Å². The summed E-state index contributed by atoms with van der Waals surface area (Å²) in [4.78, 5) is 11.8. The fraction of sp³-hybridized carbons (Fsp3) is 0.444. The van der Waals surface area contributed by atoms with Gasteiger partial charge in [0.2, 0.25) is 0 Å². The Morgan fingerprint density at radius 2 is 1.88 bits per heavy atom. The van der Waals surface area contributed by atoms with Crippen LogP contribution in [0.15, 0.2) is 29.7 Å². The summed E-state index contributed by atoms with van der Waals surface area (Å²) >= 11 is 6.29. The van der Waals surface area contributed by atoms with Crippen molar-refractivity contribution in [3.63, 3.8) is 0 Å². The lowest BCUT2D eigenvalue weighted by Gasteiger charge is -2.32.